The maximum absolute atomic E-state index is 12.9. The lowest BCUT2D eigenvalue weighted by Crippen LogP contribution is -2.06. The van der Waals surface area contributed by atoms with Crippen LogP contribution in [0.25, 0.3) is 17.4 Å². The molecule has 0 aliphatic heterocycles. The highest BCUT2D eigenvalue weighted by atomic mass is 35.5. The molecule has 2 aromatic rings. The Hall–Kier alpha value is -2.01. The van der Waals surface area contributed by atoms with Crippen molar-refractivity contribution in [1.82, 2.24) is 0 Å². The topological polar surface area (TPSA) is 30.2 Å². The van der Waals surface area contributed by atoms with Crippen molar-refractivity contribution >= 4 is 22.9 Å². The van der Waals surface area contributed by atoms with Gasteiger partial charge in [-0.2, -0.15) is 13.2 Å². The van der Waals surface area contributed by atoms with Gasteiger partial charge in [0.15, 0.2) is 0 Å². The molecule has 0 saturated heterocycles. The van der Waals surface area contributed by atoms with Crippen molar-refractivity contribution < 1.29 is 22.4 Å². The van der Waals surface area contributed by atoms with Crippen LogP contribution in [0.4, 0.5) is 13.2 Å². The maximum atomic E-state index is 12.9. The van der Waals surface area contributed by atoms with Gasteiger partial charge in [-0.1, -0.05) is 18.2 Å². The number of hydrogen-bond acceptors (Lipinski definition) is 2. The number of furan rings is 1. The van der Waals surface area contributed by atoms with Crippen molar-refractivity contribution in [2.45, 2.75) is 6.18 Å². The molecule has 0 radical (unpaired) electrons. The first-order valence-electron chi connectivity index (χ1n) is 5.52. The Bertz CT molecular complexity index is 656. The minimum atomic E-state index is -4.47. The Balaban J connectivity index is 2.41. The standard InChI is InChI=1S/C14H8ClF3O2/c15-13(19)8-6-9-5-7-12(20-9)10-3-1-2-4-11(10)14(16,17)18/h1-8H/b8-6+. The minimum absolute atomic E-state index is 0.0585. The van der Waals surface area contributed by atoms with Gasteiger partial charge in [0.2, 0.25) is 5.24 Å². The Kier molecular flexibility index (Phi) is 3.99. The molecular weight excluding hydrogens is 293 g/mol. The molecule has 0 fully saturated rings. The van der Waals surface area contributed by atoms with E-state index in [1.807, 2.05) is 0 Å². The zero-order valence-electron chi connectivity index (χ0n) is 9.95. The summed E-state index contributed by atoms with van der Waals surface area (Å²) < 4.78 is 43.9. The summed E-state index contributed by atoms with van der Waals surface area (Å²) in [5.41, 5.74) is -0.838. The quantitative estimate of drug-likeness (QED) is 0.605. The predicted molar refractivity (Wildman–Crippen MR) is 69.0 cm³/mol. The second-order valence-electron chi connectivity index (χ2n) is 3.88. The van der Waals surface area contributed by atoms with E-state index in [0.717, 1.165) is 12.1 Å². The SMILES string of the molecule is O=C(Cl)/C=C/c1ccc(-c2ccccc2C(F)(F)F)o1. The van der Waals surface area contributed by atoms with Crippen molar-refractivity contribution in [3.05, 3.63) is 53.8 Å². The van der Waals surface area contributed by atoms with Crippen LogP contribution in [0.15, 0.2) is 46.9 Å². The molecule has 0 bridgehead atoms. The van der Waals surface area contributed by atoms with Crippen molar-refractivity contribution in [2.24, 2.45) is 0 Å². The lowest BCUT2D eigenvalue weighted by Gasteiger charge is -2.10. The van der Waals surface area contributed by atoms with Crippen LogP contribution in [0.3, 0.4) is 0 Å². The minimum Gasteiger partial charge on any atom is -0.457 e. The number of rotatable bonds is 3. The molecule has 0 atom stereocenters. The summed E-state index contributed by atoms with van der Waals surface area (Å²) in [6.07, 6.45) is -2.12. The number of hydrogen-bond donors (Lipinski definition) is 0. The Morgan fingerprint density at radius 2 is 1.85 bits per heavy atom. The second-order valence-corrected chi connectivity index (χ2v) is 4.26. The number of allylic oxidation sites excluding steroid dienone is 1. The number of halogens is 4. The molecule has 1 heterocycles. The fraction of sp³-hybridized carbons (Fsp3) is 0.0714. The first-order valence-corrected chi connectivity index (χ1v) is 5.89. The van der Waals surface area contributed by atoms with E-state index in [2.05, 4.69) is 0 Å². The normalized spacial score (nSPS) is 12.0. The fourth-order valence-corrected chi connectivity index (χ4v) is 1.74. The summed E-state index contributed by atoms with van der Waals surface area (Å²) >= 11 is 5.12. The van der Waals surface area contributed by atoms with Gasteiger partial charge >= 0.3 is 6.18 Å². The highest BCUT2D eigenvalue weighted by Crippen LogP contribution is 2.37. The van der Waals surface area contributed by atoms with Crippen LogP contribution >= 0.6 is 11.6 Å². The van der Waals surface area contributed by atoms with Gasteiger partial charge in [0.05, 0.1) is 5.56 Å². The molecule has 0 spiro atoms. The smallest absolute Gasteiger partial charge is 0.417 e. The van der Waals surface area contributed by atoms with Gasteiger partial charge in [-0.3, -0.25) is 4.79 Å². The third kappa shape index (κ3) is 3.30. The summed E-state index contributed by atoms with van der Waals surface area (Å²) in [7, 11) is 0. The molecule has 0 aliphatic carbocycles. The van der Waals surface area contributed by atoms with Gasteiger partial charge in [-0.05, 0) is 35.9 Å². The average molecular weight is 301 g/mol. The maximum Gasteiger partial charge on any atom is 0.417 e. The predicted octanol–water partition coefficient (Wildman–Crippen LogP) is 4.74. The molecule has 0 aliphatic rings. The molecule has 1 aromatic carbocycles. The van der Waals surface area contributed by atoms with E-state index in [9.17, 15) is 18.0 Å². The molecule has 20 heavy (non-hydrogen) atoms. The molecule has 1 aromatic heterocycles. The van der Waals surface area contributed by atoms with E-state index >= 15 is 0 Å². The van der Waals surface area contributed by atoms with E-state index in [-0.39, 0.29) is 17.1 Å². The molecular formula is C14H8ClF3O2. The first-order chi connectivity index (χ1) is 9.38. The second kappa shape index (κ2) is 5.54. The van der Waals surface area contributed by atoms with Gasteiger partial charge in [-0.25, -0.2) is 0 Å². The van der Waals surface area contributed by atoms with Crippen LogP contribution in [0, 0.1) is 0 Å². The van der Waals surface area contributed by atoms with Crippen LogP contribution in [-0.2, 0) is 11.0 Å². The summed E-state index contributed by atoms with van der Waals surface area (Å²) in [6, 6.07) is 7.96. The van der Waals surface area contributed by atoms with Gasteiger partial charge in [0.25, 0.3) is 0 Å². The van der Waals surface area contributed by atoms with E-state index < -0.39 is 17.0 Å². The van der Waals surface area contributed by atoms with Crippen molar-refractivity contribution in [3.8, 4) is 11.3 Å². The Morgan fingerprint density at radius 1 is 1.15 bits per heavy atom. The molecule has 0 amide bonds. The van der Waals surface area contributed by atoms with E-state index in [1.54, 1.807) is 0 Å². The number of carbonyl (C=O) groups excluding carboxylic acids is 1. The summed E-state index contributed by atoms with van der Waals surface area (Å²) in [5, 5.41) is -0.696. The molecule has 0 N–H and O–H groups in total. The van der Waals surface area contributed by atoms with Crippen LogP contribution in [0.1, 0.15) is 11.3 Å². The molecule has 0 saturated carbocycles. The molecule has 104 valence electrons. The molecule has 0 unspecified atom stereocenters. The monoisotopic (exact) mass is 300 g/mol. The Labute approximate surface area is 117 Å². The lowest BCUT2D eigenvalue weighted by atomic mass is 10.1. The zero-order chi connectivity index (χ0) is 14.8. The summed E-state index contributed by atoms with van der Waals surface area (Å²) in [5.74, 6) is 0.311. The van der Waals surface area contributed by atoms with Crippen molar-refractivity contribution in [1.29, 1.82) is 0 Å². The van der Waals surface area contributed by atoms with E-state index in [1.165, 1.54) is 36.4 Å². The van der Waals surface area contributed by atoms with Crippen LogP contribution in [0.2, 0.25) is 0 Å². The molecule has 2 nitrogen and oxygen atoms in total. The third-order valence-corrected chi connectivity index (χ3v) is 2.63. The van der Waals surface area contributed by atoms with E-state index in [0.29, 0.717) is 0 Å². The average Bonchev–Trinajstić information content (AvgIpc) is 2.84. The van der Waals surface area contributed by atoms with Gasteiger partial charge < -0.3 is 4.42 Å². The Morgan fingerprint density at radius 3 is 2.50 bits per heavy atom. The van der Waals surface area contributed by atoms with Gasteiger partial charge in [0, 0.05) is 11.6 Å². The highest BCUT2D eigenvalue weighted by Gasteiger charge is 2.33. The van der Waals surface area contributed by atoms with Gasteiger partial charge in [0.1, 0.15) is 11.5 Å². The number of benzene rings is 1. The van der Waals surface area contributed by atoms with Crippen molar-refractivity contribution in [3.63, 3.8) is 0 Å². The van der Waals surface area contributed by atoms with E-state index in [4.69, 9.17) is 16.0 Å². The molecule has 2 rings (SSSR count). The highest BCUT2D eigenvalue weighted by molar-refractivity contribution is 6.66. The van der Waals surface area contributed by atoms with Crippen LogP contribution in [0.5, 0.6) is 0 Å². The molecule has 6 heteroatoms. The van der Waals surface area contributed by atoms with Crippen molar-refractivity contribution in [2.75, 3.05) is 0 Å². The largest absolute Gasteiger partial charge is 0.457 e. The third-order valence-electron chi connectivity index (χ3n) is 2.50. The van der Waals surface area contributed by atoms with Crippen LogP contribution < -0.4 is 0 Å². The zero-order valence-corrected chi connectivity index (χ0v) is 10.7. The summed E-state index contributed by atoms with van der Waals surface area (Å²) in [4.78, 5) is 10.6. The fourth-order valence-electron chi connectivity index (χ4n) is 1.68. The van der Waals surface area contributed by atoms with Gasteiger partial charge in [-0.15, -0.1) is 0 Å². The summed E-state index contributed by atoms with van der Waals surface area (Å²) in [6.45, 7) is 0. The van der Waals surface area contributed by atoms with Crippen LogP contribution in [-0.4, -0.2) is 5.24 Å². The first kappa shape index (κ1) is 14.4. The number of alkyl halides is 3. The number of carbonyl (C=O) groups is 1. The lowest BCUT2D eigenvalue weighted by molar-refractivity contribution is -0.137.